The van der Waals surface area contributed by atoms with E-state index in [0.717, 1.165) is 24.2 Å². The van der Waals surface area contributed by atoms with Crippen molar-refractivity contribution in [2.45, 2.75) is 39.2 Å². The molecule has 0 atom stereocenters. The molecule has 0 radical (unpaired) electrons. The summed E-state index contributed by atoms with van der Waals surface area (Å²) in [7, 11) is 0. The van der Waals surface area contributed by atoms with E-state index in [1.807, 2.05) is 24.8 Å². The number of anilines is 1. The van der Waals surface area contributed by atoms with Crippen molar-refractivity contribution >= 4 is 28.3 Å². The van der Waals surface area contributed by atoms with E-state index < -0.39 is 16.2 Å². The maximum atomic E-state index is 13.7. The Kier molecular flexibility index (Phi) is 6.07. The first-order chi connectivity index (χ1) is 17.2. The number of hydrogen-bond acceptors (Lipinski definition) is 7. The molecular formula is C25H28N6O5. The van der Waals surface area contributed by atoms with Gasteiger partial charge in [-0.3, -0.25) is 29.3 Å². The van der Waals surface area contributed by atoms with Crippen LogP contribution in [0.3, 0.4) is 0 Å². The van der Waals surface area contributed by atoms with Crippen LogP contribution in [-0.2, 0) is 6.54 Å². The molecule has 3 aromatic rings. The van der Waals surface area contributed by atoms with Crippen molar-refractivity contribution in [3.05, 3.63) is 72.5 Å². The fourth-order valence-corrected chi connectivity index (χ4v) is 4.73. The van der Waals surface area contributed by atoms with Crippen molar-refractivity contribution < 1.29 is 9.72 Å². The summed E-state index contributed by atoms with van der Waals surface area (Å²) >= 11 is 0. The minimum atomic E-state index is -0.608. The van der Waals surface area contributed by atoms with E-state index in [9.17, 15) is 24.5 Å². The molecule has 2 aromatic heterocycles. The number of pyridine rings is 1. The molecule has 1 aliphatic carbocycles. The maximum Gasteiger partial charge on any atom is 0.330 e. The van der Waals surface area contributed by atoms with Crippen LogP contribution in [0.2, 0.25) is 0 Å². The highest BCUT2D eigenvalue weighted by Gasteiger charge is 2.31. The normalized spacial score (nSPS) is 16.1. The Morgan fingerprint density at radius 2 is 1.89 bits per heavy atom. The van der Waals surface area contributed by atoms with Gasteiger partial charge in [-0.1, -0.05) is 19.9 Å². The maximum absolute atomic E-state index is 13.7. The summed E-state index contributed by atoms with van der Waals surface area (Å²) in [4.78, 5) is 60.7. The lowest BCUT2D eigenvalue weighted by atomic mass is 10.1. The summed E-state index contributed by atoms with van der Waals surface area (Å²) in [5.74, 6) is 0.0982. The van der Waals surface area contributed by atoms with Crippen LogP contribution in [0.15, 0.2) is 39.9 Å². The Morgan fingerprint density at radius 3 is 2.53 bits per heavy atom. The number of amides is 1. The molecule has 0 unspecified atom stereocenters. The van der Waals surface area contributed by atoms with Gasteiger partial charge in [0, 0.05) is 62.2 Å². The Hall–Kier alpha value is -4.02. The number of fused-ring (bicyclic) bond motifs is 1. The average Bonchev–Trinajstić information content (AvgIpc) is 3.71. The van der Waals surface area contributed by atoms with Crippen LogP contribution < -0.4 is 16.1 Å². The van der Waals surface area contributed by atoms with Crippen molar-refractivity contribution in [2.24, 2.45) is 5.92 Å². The lowest BCUT2D eigenvalue weighted by Gasteiger charge is -2.36. The Bertz CT molecular complexity index is 1460. The highest BCUT2D eigenvalue weighted by Crippen LogP contribution is 2.40. The number of nitrogens with zero attached hydrogens (tertiary/aromatic N) is 5. The van der Waals surface area contributed by atoms with Gasteiger partial charge in [0.15, 0.2) is 5.65 Å². The second-order valence-electron chi connectivity index (χ2n) is 9.89. The van der Waals surface area contributed by atoms with Crippen molar-refractivity contribution in [1.29, 1.82) is 0 Å². The van der Waals surface area contributed by atoms with Crippen LogP contribution >= 0.6 is 0 Å². The van der Waals surface area contributed by atoms with E-state index in [4.69, 9.17) is 0 Å². The number of aromatic nitrogens is 3. The Morgan fingerprint density at radius 1 is 1.17 bits per heavy atom. The van der Waals surface area contributed by atoms with E-state index in [1.165, 1.54) is 16.7 Å². The zero-order valence-corrected chi connectivity index (χ0v) is 20.3. The lowest BCUT2D eigenvalue weighted by Crippen LogP contribution is -2.49. The van der Waals surface area contributed by atoms with E-state index in [1.54, 1.807) is 17.0 Å². The van der Waals surface area contributed by atoms with Gasteiger partial charge in [0.25, 0.3) is 17.2 Å². The second-order valence-corrected chi connectivity index (χ2v) is 9.89. The van der Waals surface area contributed by atoms with Gasteiger partial charge in [0.2, 0.25) is 0 Å². The molecule has 0 bridgehead atoms. The molecule has 36 heavy (non-hydrogen) atoms. The second kappa shape index (κ2) is 9.21. The van der Waals surface area contributed by atoms with Crippen LogP contribution in [0.5, 0.6) is 0 Å². The third-order valence-electron chi connectivity index (χ3n) is 6.71. The van der Waals surface area contributed by atoms with Crippen LogP contribution in [0, 0.1) is 16.0 Å². The van der Waals surface area contributed by atoms with Gasteiger partial charge in [-0.2, -0.15) is 0 Å². The summed E-state index contributed by atoms with van der Waals surface area (Å²) in [6.45, 7) is 6.12. The summed E-state index contributed by atoms with van der Waals surface area (Å²) < 4.78 is 1.46. The molecule has 2 fully saturated rings. The molecule has 2 aliphatic rings. The molecule has 11 nitrogen and oxygen atoms in total. The molecule has 1 aromatic carbocycles. The van der Waals surface area contributed by atoms with Gasteiger partial charge in [-0.25, -0.2) is 9.78 Å². The number of nitro benzene ring substituents is 1. The number of nitro groups is 1. The smallest absolute Gasteiger partial charge is 0.330 e. The number of aromatic amines is 1. The predicted molar refractivity (Wildman–Crippen MR) is 135 cm³/mol. The number of non-ortho nitro benzene ring substituents is 1. The zero-order chi connectivity index (χ0) is 25.6. The number of piperazine rings is 1. The molecule has 3 heterocycles. The number of carbonyl (C=O) groups excluding carboxylic acids is 1. The number of benzene rings is 1. The molecule has 0 spiro atoms. The Labute approximate surface area is 206 Å². The standard InChI is InChI=1S/C25H28N6O5/c1-15(2)14-30-22-21(23(32)27-25(30)34)19(13-20(26-22)16-6-7-16)24(33)29-10-8-28(9-11-29)17-4-3-5-18(12-17)31(35)36/h3-5,12-13,15-16H,6-11,14H2,1-2H3,(H,27,32,34). The molecule has 188 valence electrons. The summed E-state index contributed by atoms with van der Waals surface area (Å²) in [6, 6.07) is 8.16. The molecule has 1 N–H and O–H groups in total. The van der Waals surface area contributed by atoms with Gasteiger partial charge >= 0.3 is 5.69 Å². The summed E-state index contributed by atoms with van der Waals surface area (Å²) in [5.41, 5.74) is 0.895. The van der Waals surface area contributed by atoms with E-state index in [2.05, 4.69) is 9.97 Å². The SMILES string of the molecule is CC(C)Cn1c(=O)[nH]c(=O)c2c(C(=O)N3CCN(c4cccc([N+](=O)[O-])c4)CC3)cc(C3CC3)nc21. The van der Waals surface area contributed by atoms with Crippen molar-refractivity contribution in [3.8, 4) is 0 Å². The third kappa shape index (κ3) is 4.48. The van der Waals surface area contributed by atoms with Crippen LogP contribution in [0.1, 0.15) is 48.7 Å². The average molecular weight is 493 g/mol. The zero-order valence-electron chi connectivity index (χ0n) is 20.3. The molecule has 11 heteroatoms. The topological polar surface area (TPSA) is 134 Å². The first-order valence-corrected chi connectivity index (χ1v) is 12.2. The van der Waals surface area contributed by atoms with Gasteiger partial charge in [0.1, 0.15) is 0 Å². The van der Waals surface area contributed by atoms with Gasteiger partial charge in [-0.05, 0) is 30.9 Å². The highest BCUT2D eigenvalue weighted by atomic mass is 16.6. The molecule has 5 rings (SSSR count). The molecule has 1 saturated carbocycles. The molecule has 1 aliphatic heterocycles. The Balaban J connectivity index is 1.48. The first-order valence-electron chi connectivity index (χ1n) is 12.2. The largest absolute Gasteiger partial charge is 0.368 e. The number of rotatable bonds is 6. The van der Waals surface area contributed by atoms with Crippen LogP contribution in [-0.4, -0.2) is 56.4 Å². The fraction of sp³-hybridized carbons (Fsp3) is 0.440. The van der Waals surface area contributed by atoms with E-state index in [0.29, 0.717) is 32.7 Å². The minimum absolute atomic E-state index is 0.0218. The number of hydrogen-bond donors (Lipinski definition) is 1. The van der Waals surface area contributed by atoms with Crippen LogP contribution in [0.25, 0.3) is 11.0 Å². The monoisotopic (exact) mass is 492 g/mol. The van der Waals surface area contributed by atoms with E-state index in [-0.39, 0.29) is 40.0 Å². The number of H-pyrrole nitrogens is 1. The number of nitrogens with one attached hydrogen (secondary N) is 1. The molecule has 1 amide bonds. The highest BCUT2D eigenvalue weighted by molar-refractivity contribution is 6.05. The van der Waals surface area contributed by atoms with Crippen molar-refractivity contribution in [3.63, 3.8) is 0 Å². The summed E-state index contributed by atoms with van der Waals surface area (Å²) in [5, 5.41) is 11.3. The van der Waals surface area contributed by atoms with E-state index >= 15 is 0 Å². The molecule has 1 saturated heterocycles. The van der Waals surface area contributed by atoms with Crippen LogP contribution in [0.4, 0.5) is 11.4 Å². The minimum Gasteiger partial charge on any atom is -0.368 e. The fourth-order valence-electron chi connectivity index (χ4n) is 4.73. The third-order valence-corrected chi connectivity index (χ3v) is 6.71. The van der Waals surface area contributed by atoms with Gasteiger partial charge in [-0.15, -0.1) is 0 Å². The lowest BCUT2D eigenvalue weighted by molar-refractivity contribution is -0.384. The van der Waals surface area contributed by atoms with Crippen molar-refractivity contribution in [2.75, 3.05) is 31.1 Å². The number of carbonyl (C=O) groups is 1. The van der Waals surface area contributed by atoms with Gasteiger partial charge in [0.05, 0.1) is 15.9 Å². The predicted octanol–water partition coefficient (Wildman–Crippen LogP) is 2.49. The van der Waals surface area contributed by atoms with Gasteiger partial charge < -0.3 is 9.80 Å². The van der Waals surface area contributed by atoms with Crippen molar-refractivity contribution in [1.82, 2.24) is 19.4 Å². The quantitative estimate of drug-likeness (QED) is 0.413. The molecular weight excluding hydrogens is 464 g/mol. The first kappa shape index (κ1) is 23.7. The summed E-state index contributed by atoms with van der Waals surface area (Å²) in [6.07, 6.45) is 1.93.